The number of hydrogen-bond acceptors (Lipinski definition) is 5. The predicted octanol–water partition coefficient (Wildman–Crippen LogP) is 1.64. The summed E-state index contributed by atoms with van der Waals surface area (Å²) in [5.41, 5.74) is 2.00. The summed E-state index contributed by atoms with van der Waals surface area (Å²) < 4.78 is 2.59. The lowest BCUT2D eigenvalue weighted by atomic mass is 9.94. The molecule has 2 aliphatic rings. The van der Waals surface area contributed by atoms with Crippen LogP contribution in [0.3, 0.4) is 0 Å². The van der Waals surface area contributed by atoms with Crippen molar-refractivity contribution in [1.29, 1.82) is 0 Å². The quantitative estimate of drug-likeness (QED) is 0.699. The van der Waals surface area contributed by atoms with E-state index >= 15 is 0 Å². The van der Waals surface area contributed by atoms with Crippen molar-refractivity contribution in [2.45, 2.75) is 39.2 Å². The molecule has 2 aliphatic heterocycles. The summed E-state index contributed by atoms with van der Waals surface area (Å²) in [6, 6.07) is 10.2. The van der Waals surface area contributed by atoms with Crippen molar-refractivity contribution in [3.05, 3.63) is 62.3 Å². The highest BCUT2D eigenvalue weighted by Crippen LogP contribution is 2.23. The number of aryl methyl sites for hydroxylation is 1. The summed E-state index contributed by atoms with van der Waals surface area (Å²) in [5.74, 6) is 1.05. The highest BCUT2D eigenvalue weighted by molar-refractivity contribution is 5.79. The Labute approximate surface area is 201 Å². The Morgan fingerprint density at radius 3 is 2.53 bits per heavy atom. The molecule has 0 bridgehead atoms. The molecule has 2 fully saturated rings. The molecule has 2 aromatic rings. The van der Waals surface area contributed by atoms with Gasteiger partial charge >= 0.3 is 5.69 Å². The van der Waals surface area contributed by atoms with E-state index in [1.807, 2.05) is 4.90 Å². The maximum absolute atomic E-state index is 12.9. The van der Waals surface area contributed by atoms with E-state index in [4.69, 9.17) is 0 Å². The molecular formula is C26H37N5O3. The standard InChI is InChI=1S/C26H37N5O3/c1-19-6-4-7-21(14-19)17-30-12-9-20(10-13-30)16-27-25(33)22-8-5-11-31(18-22)23-15-24(32)29(3)26(34)28(23)2/h4,6-7,14-15,20,22H,5,8-13,16-18H2,1-3H3,(H,27,33). The minimum atomic E-state index is -0.345. The van der Waals surface area contributed by atoms with E-state index in [0.717, 1.165) is 63.0 Å². The molecule has 2 saturated heterocycles. The van der Waals surface area contributed by atoms with Gasteiger partial charge in [0, 0.05) is 46.3 Å². The van der Waals surface area contributed by atoms with E-state index in [2.05, 4.69) is 41.4 Å². The van der Waals surface area contributed by atoms with Gasteiger partial charge in [-0.25, -0.2) is 4.79 Å². The Hall–Kier alpha value is -2.87. The number of nitrogens with one attached hydrogen (secondary N) is 1. The van der Waals surface area contributed by atoms with Crippen LogP contribution in [0.25, 0.3) is 0 Å². The van der Waals surface area contributed by atoms with Gasteiger partial charge in [-0.3, -0.25) is 23.6 Å². The second-order valence-corrected chi connectivity index (χ2v) is 9.98. The van der Waals surface area contributed by atoms with Crippen molar-refractivity contribution in [2.24, 2.45) is 25.9 Å². The zero-order chi connectivity index (χ0) is 24.2. The first-order valence-electron chi connectivity index (χ1n) is 12.4. The number of amides is 1. The molecule has 34 heavy (non-hydrogen) atoms. The first-order valence-corrected chi connectivity index (χ1v) is 12.4. The third-order valence-corrected chi connectivity index (χ3v) is 7.38. The van der Waals surface area contributed by atoms with Crippen molar-refractivity contribution in [3.8, 4) is 0 Å². The van der Waals surface area contributed by atoms with Gasteiger partial charge in [0.15, 0.2) is 0 Å². The molecule has 0 saturated carbocycles. The monoisotopic (exact) mass is 467 g/mol. The van der Waals surface area contributed by atoms with Crippen LogP contribution >= 0.6 is 0 Å². The van der Waals surface area contributed by atoms with Crippen molar-refractivity contribution < 1.29 is 4.79 Å². The molecule has 1 atom stereocenters. The Kier molecular flexibility index (Phi) is 7.56. The van der Waals surface area contributed by atoms with Gasteiger partial charge in [-0.1, -0.05) is 29.8 Å². The Morgan fingerprint density at radius 2 is 1.79 bits per heavy atom. The number of likely N-dealkylation sites (tertiary alicyclic amines) is 1. The van der Waals surface area contributed by atoms with Crippen LogP contribution in [0.5, 0.6) is 0 Å². The van der Waals surface area contributed by atoms with Gasteiger partial charge in [0.25, 0.3) is 5.56 Å². The van der Waals surface area contributed by atoms with Gasteiger partial charge in [-0.15, -0.1) is 0 Å². The van der Waals surface area contributed by atoms with Crippen molar-refractivity contribution in [2.75, 3.05) is 37.6 Å². The van der Waals surface area contributed by atoms with E-state index in [1.165, 1.54) is 28.8 Å². The summed E-state index contributed by atoms with van der Waals surface area (Å²) in [6.45, 7) is 7.23. The van der Waals surface area contributed by atoms with E-state index in [0.29, 0.717) is 18.3 Å². The molecular weight excluding hydrogens is 430 g/mol. The molecule has 4 rings (SSSR count). The fraction of sp³-hybridized carbons (Fsp3) is 0.577. The van der Waals surface area contributed by atoms with Crippen LogP contribution in [0, 0.1) is 18.8 Å². The smallest absolute Gasteiger partial charge is 0.332 e. The van der Waals surface area contributed by atoms with Crippen LogP contribution in [0.4, 0.5) is 5.82 Å². The SMILES string of the molecule is Cc1cccc(CN2CCC(CNC(=O)C3CCCN(c4cc(=O)n(C)c(=O)n4C)C3)CC2)c1. The number of piperidine rings is 2. The van der Waals surface area contributed by atoms with Crippen LogP contribution in [-0.4, -0.2) is 52.7 Å². The van der Waals surface area contributed by atoms with E-state index in [-0.39, 0.29) is 23.1 Å². The number of aromatic nitrogens is 2. The maximum atomic E-state index is 12.9. The average Bonchev–Trinajstić information content (AvgIpc) is 2.84. The lowest BCUT2D eigenvalue weighted by Crippen LogP contribution is -2.47. The summed E-state index contributed by atoms with van der Waals surface area (Å²) in [7, 11) is 3.15. The zero-order valence-electron chi connectivity index (χ0n) is 20.6. The van der Waals surface area contributed by atoms with Gasteiger partial charge in [0.1, 0.15) is 5.82 Å². The predicted molar refractivity (Wildman–Crippen MR) is 134 cm³/mol. The molecule has 1 unspecified atom stereocenters. The number of carbonyl (C=O) groups is 1. The Bertz CT molecular complexity index is 1130. The average molecular weight is 468 g/mol. The zero-order valence-corrected chi connectivity index (χ0v) is 20.6. The molecule has 8 nitrogen and oxygen atoms in total. The topological polar surface area (TPSA) is 79.6 Å². The lowest BCUT2D eigenvalue weighted by molar-refractivity contribution is -0.125. The van der Waals surface area contributed by atoms with Gasteiger partial charge in [-0.05, 0) is 57.2 Å². The molecule has 0 aliphatic carbocycles. The molecule has 1 N–H and O–H groups in total. The summed E-state index contributed by atoms with van der Waals surface area (Å²) >= 11 is 0. The first kappa shape index (κ1) is 24.3. The fourth-order valence-corrected chi connectivity index (χ4v) is 5.23. The minimum absolute atomic E-state index is 0.0840. The lowest BCUT2D eigenvalue weighted by Gasteiger charge is -2.35. The maximum Gasteiger partial charge on any atom is 0.332 e. The molecule has 3 heterocycles. The van der Waals surface area contributed by atoms with E-state index < -0.39 is 0 Å². The van der Waals surface area contributed by atoms with Crippen molar-refractivity contribution in [1.82, 2.24) is 19.4 Å². The molecule has 184 valence electrons. The minimum Gasteiger partial charge on any atom is -0.357 e. The molecule has 0 radical (unpaired) electrons. The van der Waals surface area contributed by atoms with E-state index in [9.17, 15) is 14.4 Å². The van der Waals surface area contributed by atoms with Crippen LogP contribution in [0.1, 0.15) is 36.8 Å². The van der Waals surface area contributed by atoms with Crippen LogP contribution in [0.2, 0.25) is 0 Å². The van der Waals surface area contributed by atoms with Gasteiger partial charge in [-0.2, -0.15) is 0 Å². The number of hydrogen-bond donors (Lipinski definition) is 1. The number of carbonyl (C=O) groups excluding carboxylic acids is 1. The molecule has 1 aromatic heterocycles. The fourth-order valence-electron chi connectivity index (χ4n) is 5.23. The third kappa shape index (κ3) is 5.60. The number of rotatable bonds is 6. The van der Waals surface area contributed by atoms with E-state index in [1.54, 1.807) is 7.05 Å². The molecule has 1 amide bonds. The van der Waals surface area contributed by atoms with Gasteiger partial charge in [0.2, 0.25) is 5.91 Å². The summed E-state index contributed by atoms with van der Waals surface area (Å²) in [6.07, 6.45) is 3.88. The number of nitrogens with zero attached hydrogens (tertiary/aromatic N) is 4. The van der Waals surface area contributed by atoms with Gasteiger partial charge in [0.05, 0.1) is 5.92 Å². The highest BCUT2D eigenvalue weighted by atomic mass is 16.2. The van der Waals surface area contributed by atoms with Crippen molar-refractivity contribution >= 4 is 11.7 Å². The normalized spacial score (nSPS) is 19.9. The van der Waals surface area contributed by atoms with Crippen molar-refractivity contribution in [3.63, 3.8) is 0 Å². The second kappa shape index (κ2) is 10.6. The largest absolute Gasteiger partial charge is 0.357 e. The highest BCUT2D eigenvalue weighted by Gasteiger charge is 2.28. The molecule has 1 aromatic carbocycles. The molecule has 0 spiro atoms. The molecule has 8 heteroatoms. The summed E-state index contributed by atoms with van der Waals surface area (Å²) in [5, 5.41) is 3.19. The van der Waals surface area contributed by atoms with Crippen LogP contribution < -0.4 is 21.5 Å². The van der Waals surface area contributed by atoms with Gasteiger partial charge < -0.3 is 10.2 Å². The third-order valence-electron chi connectivity index (χ3n) is 7.38. The second-order valence-electron chi connectivity index (χ2n) is 9.98. The first-order chi connectivity index (χ1) is 16.3. The Balaban J connectivity index is 1.26. The Morgan fingerprint density at radius 1 is 1.03 bits per heavy atom. The summed E-state index contributed by atoms with van der Waals surface area (Å²) in [4.78, 5) is 41.9. The van der Waals surface area contributed by atoms with Crippen LogP contribution in [0.15, 0.2) is 39.9 Å². The number of benzene rings is 1. The van der Waals surface area contributed by atoms with Crippen LogP contribution in [-0.2, 0) is 25.4 Å². The number of anilines is 1.